The van der Waals surface area contributed by atoms with Crippen LogP contribution < -0.4 is 10.1 Å². The molecule has 2 aromatic rings. The zero-order chi connectivity index (χ0) is 23.8. The fourth-order valence-corrected chi connectivity index (χ4v) is 5.11. The van der Waals surface area contributed by atoms with Crippen molar-refractivity contribution in [2.24, 2.45) is 5.92 Å². The number of hydrogen-bond acceptors (Lipinski definition) is 6. The number of rotatable bonds is 11. The van der Waals surface area contributed by atoms with Crippen LogP contribution in [0.1, 0.15) is 49.5 Å². The number of benzene rings is 2. The summed E-state index contributed by atoms with van der Waals surface area (Å²) in [6.07, 6.45) is 1.74. The topological polar surface area (TPSA) is 88.0 Å². The van der Waals surface area contributed by atoms with Crippen LogP contribution in [0.4, 0.5) is 0 Å². The van der Waals surface area contributed by atoms with Crippen molar-refractivity contribution >= 4 is 17.7 Å². The molecule has 33 heavy (non-hydrogen) atoms. The number of nitrogens with one attached hydrogen (secondary N) is 1. The fourth-order valence-electron chi connectivity index (χ4n) is 4.70. The van der Waals surface area contributed by atoms with E-state index in [2.05, 4.69) is 49.7 Å². The molecule has 0 radical (unpaired) electrons. The second-order valence-electron chi connectivity index (χ2n) is 9.65. The summed E-state index contributed by atoms with van der Waals surface area (Å²) in [6, 6.07) is 14.3. The molecule has 0 bridgehead atoms. The van der Waals surface area contributed by atoms with E-state index in [4.69, 9.17) is 9.47 Å². The minimum atomic E-state index is -0.816. The zero-order valence-corrected chi connectivity index (χ0v) is 20.4. The Morgan fingerprint density at radius 1 is 1.24 bits per heavy atom. The van der Waals surface area contributed by atoms with Crippen molar-refractivity contribution in [2.75, 3.05) is 19.4 Å². The number of aliphatic hydroxyl groups is 1. The Hall–Kier alpha value is -2.06. The highest BCUT2D eigenvalue weighted by Crippen LogP contribution is 2.60. The number of β-amino-alcohol motifs (C(OH)–C–C–N with tert-alkyl or cyclic N) is 1. The molecule has 0 aromatic heterocycles. The molecule has 178 valence electrons. The molecule has 5 atom stereocenters. The van der Waals surface area contributed by atoms with Gasteiger partial charge >= 0.3 is 5.97 Å². The normalized spacial score (nSPS) is 22.8. The van der Waals surface area contributed by atoms with Crippen LogP contribution in [-0.4, -0.2) is 53.3 Å². The van der Waals surface area contributed by atoms with E-state index in [0.29, 0.717) is 6.54 Å². The Morgan fingerprint density at radius 2 is 1.97 bits per heavy atom. The molecule has 1 heterocycles. The molecule has 0 saturated heterocycles. The summed E-state index contributed by atoms with van der Waals surface area (Å²) in [5.74, 6) is -0.634. The van der Waals surface area contributed by atoms with Crippen LogP contribution in [0.15, 0.2) is 47.4 Å². The van der Waals surface area contributed by atoms with E-state index in [0.717, 1.165) is 23.3 Å². The molecular weight excluding hydrogens is 438 g/mol. The Balaban J connectivity index is 1.28. The van der Waals surface area contributed by atoms with E-state index < -0.39 is 18.0 Å². The Kier molecular flexibility index (Phi) is 7.05. The highest BCUT2D eigenvalue weighted by Gasteiger charge is 2.63. The number of ether oxygens (including phenoxy) is 2. The summed E-state index contributed by atoms with van der Waals surface area (Å²) in [4.78, 5) is 12.7. The maximum Gasteiger partial charge on any atom is 0.311 e. The quantitative estimate of drug-likeness (QED) is 0.427. The number of carboxylic acid groups (broad SMARTS) is 1. The van der Waals surface area contributed by atoms with Gasteiger partial charge in [-0.3, -0.25) is 4.79 Å². The van der Waals surface area contributed by atoms with Gasteiger partial charge in [0.1, 0.15) is 17.8 Å². The second kappa shape index (κ2) is 9.66. The summed E-state index contributed by atoms with van der Waals surface area (Å²) in [5.41, 5.74) is 2.97. The van der Waals surface area contributed by atoms with Gasteiger partial charge < -0.3 is 25.0 Å². The number of carboxylic acids is 1. The predicted molar refractivity (Wildman–Crippen MR) is 129 cm³/mol. The fraction of sp³-hybridized carbons (Fsp3) is 0.500. The minimum absolute atomic E-state index is 0.0999. The SMILES string of the molecule is CSc1ccc(CC(C)(C)NCC(O)CO[C@H](C)c2cccc3c2[C@@H]2[C@H](O3)[C@H]2C(=O)O)cc1. The molecule has 6 nitrogen and oxygen atoms in total. The molecular formula is C26H33NO5S. The van der Waals surface area contributed by atoms with Gasteiger partial charge in [0, 0.05) is 28.5 Å². The van der Waals surface area contributed by atoms with Crippen LogP contribution in [0.5, 0.6) is 5.75 Å². The van der Waals surface area contributed by atoms with Gasteiger partial charge in [0.05, 0.1) is 18.8 Å². The maximum atomic E-state index is 11.4. The summed E-state index contributed by atoms with van der Waals surface area (Å²) in [7, 11) is 0. The minimum Gasteiger partial charge on any atom is -0.489 e. The number of aliphatic hydroxyl groups excluding tert-OH is 1. The number of carbonyl (C=O) groups is 1. The Bertz CT molecular complexity index is 993. The van der Waals surface area contributed by atoms with E-state index in [1.54, 1.807) is 11.8 Å². The third-order valence-electron chi connectivity index (χ3n) is 6.53. The van der Waals surface area contributed by atoms with Gasteiger partial charge in [-0.2, -0.15) is 0 Å². The smallest absolute Gasteiger partial charge is 0.311 e. The van der Waals surface area contributed by atoms with Crippen molar-refractivity contribution in [1.82, 2.24) is 5.32 Å². The van der Waals surface area contributed by atoms with Crippen LogP contribution in [0.25, 0.3) is 0 Å². The largest absolute Gasteiger partial charge is 0.489 e. The van der Waals surface area contributed by atoms with E-state index >= 15 is 0 Å². The standard InChI is InChI=1S/C26H33NO5S/c1-15(19-6-5-7-20-21(19)22-23(25(29)30)24(22)32-20)31-14-17(28)13-27-26(2,3)12-16-8-10-18(33-4)11-9-16/h5-11,15,17,22-24,27-28H,12-14H2,1-4H3,(H,29,30)/t15-,17?,22+,23+,24+/m1/s1. The van der Waals surface area contributed by atoms with Crippen LogP contribution in [0.2, 0.25) is 0 Å². The van der Waals surface area contributed by atoms with Crippen molar-refractivity contribution < 1.29 is 24.5 Å². The molecule has 7 heteroatoms. The van der Waals surface area contributed by atoms with Crippen LogP contribution in [0, 0.1) is 5.92 Å². The molecule has 4 rings (SSSR count). The van der Waals surface area contributed by atoms with Gasteiger partial charge in [-0.15, -0.1) is 11.8 Å². The maximum absolute atomic E-state index is 11.4. The van der Waals surface area contributed by atoms with Gasteiger partial charge in [0.15, 0.2) is 0 Å². The number of hydrogen-bond donors (Lipinski definition) is 3. The molecule has 0 amide bonds. The van der Waals surface area contributed by atoms with Gasteiger partial charge in [-0.1, -0.05) is 24.3 Å². The summed E-state index contributed by atoms with van der Waals surface area (Å²) < 4.78 is 11.8. The van der Waals surface area contributed by atoms with Crippen LogP contribution in [-0.2, 0) is 16.0 Å². The predicted octanol–water partition coefficient (Wildman–Crippen LogP) is 4.02. The first-order valence-electron chi connectivity index (χ1n) is 11.4. The van der Waals surface area contributed by atoms with Crippen molar-refractivity contribution in [3.8, 4) is 5.75 Å². The summed E-state index contributed by atoms with van der Waals surface area (Å²) in [6.45, 7) is 6.80. The molecule has 1 unspecified atom stereocenters. The van der Waals surface area contributed by atoms with E-state index in [1.165, 1.54) is 10.5 Å². The highest BCUT2D eigenvalue weighted by atomic mass is 32.2. The van der Waals surface area contributed by atoms with E-state index in [1.807, 2.05) is 25.1 Å². The number of thioether (sulfide) groups is 1. The molecule has 1 saturated carbocycles. The lowest BCUT2D eigenvalue weighted by molar-refractivity contribution is -0.139. The lowest BCUT2D eigenvalue weighted by Crippen LogP contribution is -2.46. The van der Waals surface area contributed by atoms with Gasteiger partial charge in [0.25, 0.3) is 0 Å². The third kappa shape index (κ3) is 5.38. The molecule has 0 spiro atoms. The van der Waals surface area contributed by atoms with E-state index in [9.17, 15) is 15.0 Å². The molecule has 2 aromatic carbocycles. The average molecular weight is 472 g/mol. The molecule has 3 N–H and O–H groups in total. The lowest BCUT2D eigenvalue weighted by atomic mass is 9.95. The monoisotopic (exact) mass is 471 g/mol. The van der Waals surface area contributed by atoms with Crippen molar-refractivity contribution in [3.05, 3.63) is 59.2 Å². The van der Waals surface area contributed by atoms with Crippen LogP contribution in [0.3, 0.4) is 0 Å². The number of aliphatic carboxylic acids is 1. The first-order chi connectivity index (χ1) is 15.7. The average Bonchev–Trinajstić information content (AvgIpc) is 3.37. The van der Waals surface area contributed by atoms with E-state index in [-0.39, 0.29) is 30.3 Å². The Labute approximate surface area is 199 Å². The second-order valence-corrected chi connectivity index (χ2v) is 10.5. The van der Waals surface area contributed by atoms with Gasteiger partial charge in [0.2, 0.25) is 0 Å². The number of fused-ring (bicyclic) bond motifs is 3. The zero-order valence-electron chi connectivity index (χ0n) is 19.6. The first-order valence-corrected chi connectivity index (χ1v) is 12.6. The van der Waals surface area contributed by atoms with Gasteiger partial charge in [-0.05, 0) is 62.8 Å². The molecule has 1 aliphatic carbocycles. The summed E-state index contributed by atoms with van der Waals surface area (Å²) in [5, 5.41) is 23.4. The third-order valence-corrected chi connectivity index (χ3v) is 7.28. The van der Waals surface area contributed by atoms with Gasteiger partial charge in [-0.25, -0.2) is 0 Å². The summed E-state index contributed by atoms with van der Waals surface area (Å²) >= 11 is 1.73. The molecule has 2 aliphatic rings. The Morgan fingerprint density at radius 3 is 2.64 bits per heavy atom. The highest BCUT2D eigenvalue weighted by molar-refractivity contribution is 7.98. The lowest BCUT2D eigenvalue weighted by Gasteiger charge is -2.28. The van der Waals surface area contributed by atoms with Crippen molar-refractivity contribution in [2.45, 2.75) is 61.9 Å². The molecule has 1 fully saturated rings. The van der Waals surface area contributed by atoms with Crippen molar-refractivity contribution in [1.29, 1.82) is 0 Å². The first kappa shape index (κ1) is 24.1. The van der Waals surface area contributed by atoms with Crippen LogP contribution >= 0.6 is 11.8 Å². The molecule has 1 aliphatic heterocycles. The van der Waals surface area contributed by atoms with Crippen molar-refractivity contribution in [3.63, 3.8) is 0 Å².